The summed E-state index contributed by atoms with van der Waals surface area (Å²) in [6.45, 7) is 4.75. The van der Waals surface area contributed by atoms with Gasteiger partial charge in [-0.3, -0.25) is 14.5 Å². The van der Waals surface area contributed by atoms with Crippen LogP contribution in [0.2, 0.25) is 0 Å². The van der Waals surface area contributed by atoms with E-state index in [2.05, 4.69) is 26.0 Å². The Kier molecular flexibility index (Phi) is 5.52. The quantitative estimate of drug-likeness (QED) is 0.703. The lowest BCUT2D eigenvalue weighted by atomic mass is 9.94. The summed E-state index contributed by atoms with van der Waals surface area (Å²) in [4.78, 5) is 27.3. The van der Waals surface area contributed by atoms with Crippen molar-refractivity contribution in [2.24, 2.45) is 0 Å². The number of amides is 2. The summed E-state index contributed by atoms with van der Waals surface area (Å²) in [5, 5.41) is 0. The maximum Gasteiger partial charge on any atom is 0.262 e. The van der Waals surface area contributed by atoms with Crippen LogP contribution in [-0.2, 0) is 17.6 Å². The summed E-state index contributed by atoms with van der Waals surface area (Å²) in [5.41, 5.74) is 4.54. The molecule has 0 aliphatic carbocycles. The van der Waals surface area contributed by atoms with Gasteiger partial charge in [-0.2, -0.15) is 0 Å². The van der Waals surface area contributed by atoms with E-state index in [0.29, 0.717) is 24.2 Å². The van der Waals surface area contributed by atoms with E-state index in [0.717, 1.165) is 18.4 Å². The van der Waals surface area contributed by atoms with Crippen LogP contribution in [0.15, 0.2) is 42.5 Å². The number of ether oxygens (including phenoxy) is 1. The normalized spacial score (nSPS) is 14.7. The SMILES string of the molecule is CCc1ccc(C(CCOC)N2C(=O)c3ccccc3C2=O)cc1CC. The summed E-state index contributed by atoms with van der Waals surface area (Å²) >= 11 is 0. The number of hydrogen-bond donors (Lipinski definition) is 0. The van der Waals surface area contributed by atoms with Crippen LogP contribution in [-0.4, -0.2) is 30.4 Å². The number of imide groups is 1. The van der Waals surface area contributed by atoms with Gasteiger partial charge in [0.1, 0.15) is 0 Å². The first-order valence-electron chi connectivity index (χ1n) is 9.19. The summed E-state index contributed by atoms with van der Waals surface area (Å²) < 4.78 is 5.25. The van der Waals surface area contributed by atoms with Crippen LogP contribution in [0.1, 0.15) is 63.7 Å². The predicted molar refractivity (Wildman–Crippen MR) is 101 cm³/mol. The van der Waals surface area contributed by atoms with E-state index in [-0.39, 0.29) is 17.9 Å². The molecule has 0 N–H and O–H groups in total. The smallest absolute Gasteiger partial charge is 0.262 e. The number of benzene rings is 2. The summed E-state index contributed by atoms with van der Waals surface area (Å²) in [5.74, 6) is -0.436. The lowest BCUT2D eigenvalue weighted by Crippen LogP contribution is -2.35. The van der Waals surface area contributed by atoms with Gasteiger partial charge >= 0.3 is 0 Å². The molecule has 0 fully saturated rings. The number of nitrogens with zero attached hydrogens (tertiary/aromatic N) is 1. The van der Waals surface area contributed by atoms with E-state index in [1.165, 1.54) is 16.0 Å². The molecule has 4 nitrogen and oxygen atoms in total. The van der Waals surface area contributed by atoms with Crippen LogP contribution < -0.4 is 0 Å². The molecule has 0 aromatic heterocycles. The topological polar surface area (TPSA) is 46.6 Å². The van der Waals surface area contributed by atoms with Gasteiger partial charge in [0, 0.05) is 13.7 Å². The van der Waals surface area contributed by atoms with Crippen molar-refractivity contribution in [1.29, 1.82) is 0 Å². The Hall–Kier alpha value is -2.46. The first-order chi connectivity index (χ1) is 12.6. The third-order valence-electron chi connectivity index (χ3n) is 5.11. The Labute approximate surface area is 154 Å². The minimum Gasteiger partial charge on any atom is -0.385 e. The molecule has 1 aliphatic rings. The third kappa shape index (κ3) is 3.17. The predicted octanol–water partition coefficient (Wildman–Crippen LogP) is 4.19. The van der Waals surface area contributed by atoms with E-state index in [4.69, 9.17) is 4.74 Å². The van der Waals surface area contributed by atoms with Gasteiger partial charge in [0.25, 0.3) is 11.8 Å². The second kappa shape index (κ2) is 7.83. The summed E-state index contributed by atoms with van der Waals surface area (Å²) in [6, 6.07) is 13.0. The molecule has 3 rings (SSSR count). The molecule has 26 heavy (non-hydrogen) atoms. The molecule has 0 bridgehead atoms. The first-order valence-corrected chi connectivity index (χ1v) is 9.19. The maximum atomic E-state index is 12.9. The fourth-order valence-corrected chi connectivity index (χ4v) is 3.69. The van der Waals surface area contributed by atoms with E-state index >= 15 is 0 Å². The number of hydrogen-bond acceptors (Lipinski definition) is 3. The number of methoxy groups -OCH3 is 1. The molecule has 0 saturated heterocycles. The van der Waals surface area contributed by atoms with Gasteiger partial charge in [-0.1, -0.05) is 44.2 Å². The molecule has 1 heterocycles. The van der Waals surface area contributed by atoms with Crippen molar-refractivity contribution in [2.75, 3.05) is 13.7 Å². The first kappa shape index (κ1) is 18.3. The van der Waals surface area contributed by atoms with Crippen molar-refractivity contribution in [3.05, 3.63) is 70.3 Å². The third-order valence-corrected chi connectivity index (χ3v) is 5.11. The molecular formula is C22H25NO3. The molecule has 1 unspecified atom stereocenters. The molecular weight excluding hydrogens is 326 g/mol. The van der Waals surface area contributed by atoms with Crippen molar-refractivity contribution in [2.45, 2.75) is 39.2 Å². The van der Waals surface area contributed by atoms with Gasteiger partial charge in [0.15, 0.2) is 0 Å². The van der Waals surface area contributed by atoms with E-state index in [9.17, 15) is 9.59 Å². The lowest BCUT2D eigenvalue weighted by Gasteiger charge is -2.27. The van der Waals surface area contributed by atoms with Gasteiger partial charge in [-0.15, -0.1) is 0 Å². The van der Waals surface area contributed by atoms with Crippen LogP contribution >= 0.6 is 0 Å². The molecule has 136 valence electrons. The fourth-order valence-electron chi connectivity index (χ4n) is 3.69. The van der Waals surface area contributed by atoms with Crippen LogP contribution in [0, 0.1) is 0 Å². The monoisotopic (exact) mass is 351 g/mol. The molecule has 2 aromatic rings. The average Bonchev–Trinajstić information content (AvgIpc) is 2.93. The second-order valence-electron chi connectivity index (χ2n) is 6.56. The Morgan fingerprint density at radius 1 is 0.923 bits per heavy atom. The van der Waals surface area contributed by atoms with Crippen LogP contribution in [0.5, 0.6) is 0 Å². The molecule has 0 spiro atoms. The minimum atomic E-state index is -0.321. The van der Waals surface area contributed by atoms with Gasteiger partial charge in [-0.25, -0.2) is 0 Å². The van der Waals surface area contributed by atoms with Crippen molar-refractivity contribution in [3.63, 3.8) is 0 Å². The molecule has 1 aliphatic heterocycles. The molecule has 1 atom stereocenters. The van der Waals surface area contributed by atoms with Gasteiger partial charge in [-0.05, 0) is 48.1 Å². The standard InChI is InChI=1S/C22H25NO3/c1-4-15-10-11-17(14-16(15)5-2)20(12-13-26-3)23-21(24)18-8-6-7-9-19(18)22(23)25/h6-11,14,20H,4-5,12-13H2,1-3H3. The van der Waals surface area contributed by atoms with E-state index in [1.807, 2.05) is 6.07 Å². The van der Waals surface area contributed by atoms with E-state index < -0.39 is 0 Å². The largest absolute Gasteiger partial charge is 0.385 e. The number of carbonyl (C=O) groups is 2. The van der Waals surface area contributed by atoms with Gasteiger partial charge in [0.2, 0.25) is 0 Å². The maximum absolute atomic E-state index is 12.9. The molecule has 2 aromatic carbocycles. The number of rotatable bonds is 7. The van der Waals surface area contributed by atoms with Crippen molar-refractivity contribution in [1.82, 2.24) is 4.90 Å². The van der Waals surface area contributed by atoms with Crippen LogP contribution in [0.3, 0.4) is 0 Å². The highest BCUT2D eigenvalue weighted by atomic mass is 16.5. The molecule has 2 amide bonds. The fraction of sp³-hybridized carbons (Fsp3) is 0.364. The molecule has 0 saturated carbocycles. The van der Waals surface area contributed by atoms with Crippen molar-refractivity contribution >= 4 is 11.8 Å². The Bertz CT molecular complexity index is 793. The summed E-state index contributed by atoms with van der Waals surface area (Å²) in [6.07, 6.45) is 2.48. The zero-order valence-electron chi connectivity index (χ0n) is 15.6. The highest BCUT2D eigenvalue weighted by molar-refractivity contribution is 6.21. The minimum absolute atomic E-state index is 0.218. The zero-order chi connectivity index (χ0) is 18.7. The van der Waals surface area contributed by atoms with Gasteiger partial charge in [0.05, 0.1) is 17.2 Å². The van der Waals surface area contributed by atoms with Crippen molar-refractivity contribution in [3.8, 4) is 0 Å². The molecule has 4 heteroatoms. The van der Waals surface area contributed by atoms with Crippen LogP contribution in [0.25, 0.3) is 0 Å². The Balaban J connectivity index is 2.02. The number of carbonyl (C=O) groups excluding carboxylic acids is 2. The zero-order valence-corrected chi connectivity index (χ0v) is 15.6. The number of aryl methyl sites for hydroxylation is 2. The highest BCUT2D eigenvalue weighted by Gasteiger charge is 2.40. The highest BCUT2D eigenvalue weighted by Crippen LogP contribution is 2.34. The number of fused-ring (bicyclic) bond motifs is 1. The van der Waals surface area contributed by atoms with Crippen molar-refractivity contribution < 1.29 is 14.3 Å². The molecule has 0 radical (unpaired) electrons. The average molecular weight is 351 g/mol. The van der Waals surface area contributed by atoms with E-state index in [1.54, 1.807) is 31.4 Å². The second-order valence-corrected chi connectivity index (χ2v) is 6.56. The van der Waals surface area contributed by atoms with Gasteiger partial charge < -0.3 is 4.74 Å². The van der Waals surface area contributed by atoms with Crippen LogP contribution in [0.4, 0.5) is 0 Å². The Morgan fingerprint density at radius 3 is 2.08 bits per heavy atom. The Morgan fingerprint density at radius 2 is 1.54 bits per heavy atom. The summed E-state index contributed by atoms with van der Waals surface area (Å²) in [7, 11) is 1.64. The lowest BCUT2D eigenvalue weighted by molar-refractivity contribution is 0.0545.